The van der Waals surface area contributed by atoms with Crippen molar-refractivity contribution in [3.63, 3.8) is 0 Å². The Kier molecular flexibility index (Phi) is 10.3. The normalized spacial score (nSPS) is 11.5. The van der Waals surface area contributed by atoms with E-state index >= 15 is 0 Å². The molecule has 0 radical (unpaired) electrons. The van der Waals surface area contributed by atoms with Gasteiger partial charge in [-0.3, -0.25) is 0 Å². The average molecular weight is 949 g/mol. The van der Waals surface area contributed by atoms with Crippen LogP contribution < -0.4 is 9.80 Å². The van der Waals surface area contributed by atoms with E-state index in [2.05, 4.69) is 213 Å². The highest BCUT2D eigenvalue weighted by atomic mass is 15.1. The highest BCUT2D eigenvalue weighted by Crippen LogP contribution is 2.44. The van der Waals surface area contributed by atoms with Crippen LogP contribution in [0, 0.1) is 0 Å². The third kappa shape index (κ3) is 7.48. The van der Waals surface area contributed by atoms with Crippen molar-refractivity contribution in [1.82, 2.24) is 28.7 Å². The number of para-hydroxylation sites is 4. The van der Waals surface area contributed by atoms with Crippen molar-refractivity contribution in [3.05, 3.63) is 267 Å². The average Bonchev–Trinajstić information content (AvgIpc) is 4.11. The Morgan fingerprint density at radius 1 is 0.284 bits per heavy atom. The highest BCUT2D eigenvalue weighted by Gasteiger charge is 2.22. The third-order valence-electron chi connectivity index (χ3n) is 14.0. The molecule has 8 nitrogen and oxygen atoms in total. The van der Waals surface area contributed by atoms with E-state index in [1.54, 1.807) is 0 Å². The van der Waals surface area contributed by atoms with E-state index in [-0.39, 0.29) is 0 Å². The van der Waals surface area contributed by atoms with Crippen LogP contribution in [0.3, 0.4) is 0 Å². The Bertz CT molecular complexity index is 4030. The van der Waals surface area contributed by atoms with Crippen LogP contribution in [0.2, 0.25) is 0 Å². The molecule has 9 aromatic carbocycles. The molecule has 0 aliphatic rings. The summed E-state index contributed by atoms with van der Waals surface area (Å²) in [6, 6.07) is 85.0. The van der Waals surface area contributed by atoms with Crippen molar-refractivity contribution >= 4 is 78.0 Å². The molecule has 0 aliphatic heterocycles. The van der Waals surface area contributed by atoms with Crippen molar-refractivity contribution < 1.29 is 0 Å². The third-order valence-corrected chi connectivity index (χ3v) is 14.0. The Morgan fingerprint density at radius 2 is 0.662 bits per heavy atom. The van der Waals surface area contributed by atoms with E-state index in [0.29, 0.717) is 0 Å². The van der Waals surface area contributed by atoms with Gasteiger partial charge in [0.2, 0.25) is 0 Å². The number of pyridine rings is 2. The fraction of sp³-hybridized carbons (Fsp3) is 0. The van der Waals surface area contributed by atoms with Gasteiger partial charge in [0.1, 0.15) is 11.3 Å². The number of benzene rings is 9. The summed E-state index contributed by atoms with van der Waals surface area (Å²) in [5.41, 5.74) is 17.4. The second-order valence-corrected chi connectivity index (χ2v) is 18.4. The quantitative estimate of drug-likeness (QED) is 0.136. The molecule has 0 N–H and O–H groups in total. The number of fused-ring (bicyclic) bond motifs is 5. The van der Waals surface area contributed by atoms with Gasteiger partial charge >= 0.3 is 0 Å². The maximum Gasteiger partial charge on any atom is 0.137 e. The van der Waals surface area contributed by atoms with E-state index in [0.717, 1.165) is 123 Å². The first-order valence-electron chi connectivity index (χ1n) is 24.8. The summed E-state index contributed by atoms with van der Waals surface area (Å²) in [7, 11) is 0. The van der Waals surface area contributed by atoms with Crippen LogP contribution in [0.5, 0.6) is 0 Å². The summed E-state index contributed by atoms with van der Waals surface area (Å²) in [5.74, 6) is 0. The van der Waals surface area contributed by atoms with E-state index in [4.69, 9.17) is 19.9 Å². The Balaban J connectivity index is 0.852. The lowest BCUT2D eigenvalue weighted by atomic mass is 9.99. The number of imidazole rings is 2. The Morgan fingerprint density at radius 3 is 1.09 bits per heavy atom. The molecule has 5 aromatic heterocycles. The molecule has 74 heavy (non-hydrogen) atoms. The summed E-state index contributed by atoms with van der Waals surface area (Å²) < 4.78 is 4.15. The number of rotatable bonds is 10. The van der Waals surface area contributed by atoms with Crippen molar-refractivity contribution in [3.8, 4) is 45.0 Å². The lowest BCUT2D eigenvalue weighted by Gasteiger charge is -2.27. The van der Waals surface area contributed by atoms with Crippen LogP contribution in [-0.2, 0) is 0 Å². The van der Waals surface area contributed by atoms with Crippen LogP contribution in [0.4, 0.5) is 34.1 Å². The largest absolute Gasteiger partial charge is 0.310 e. The number of anilines is 6. The SMILES string of the molecule is c1ccc(N(c2ccc(-c3nc4ccccc4nc3-c3ccc(N(c4ccccc4)c4cccc5c(-c6cn7ccccc7n6)cccc45)cc3)cc2)c2cccc3c(-c4cn5ccccc5n4)cccc23)cc1. The van der Waals surface area contributed by atoms with Gasteiger partial charge in [-0.25, -0.2) is 19.9 Å². The van der Waals surface area contributed by atoms with Gasteiger partial charge in [-0.15, -0.1) is 0 Å². The molecular formula is C66H44N8. The minimum atomic E-state index is 0.810. The number of aromatic nitrogens is 6. The predicted molar refractivity (Wildman–Crippen MR) is 303 cm³/mol. The summed E-state index contributed by atoms with van der Waals surface area (Å²) in [5, 5.41) is 4.51. The highest BCUT2D eigenvalue weighted by molar-refractivity contribution is 6.07. The zero-order chi connectivity index (χ0) is 49.0. The van der Waals surface area contributed by atoms with Crippen molar-refractivity contribution in [2.24, 2.45) is 0 Å². The Hall–Kier alpha value is -10.2. The maximum atomic E-state index is 5.34. The topological polar surface area (TPSA) is 66.9 Å². The summed E-state index contributed by atoms with van der Waals surface area (Å²) in [4.78, 5) is 25.4. The molecule has 348 valence electrons. The molecule has 0 saturated carbocycles. The van der Waals surface area contributed by atoms with Gasteiger partial charge in [-0.05, 0) is 108 Å². The second-order valence-electron chi connectivity index (χ2n) is 18.4. The van der Waals surface area contributed by atoms with Gasteiger partial charge in [0.15, 0.2) is 0 Å². The van der Waals surface area contributed by atoms with E-state index in [1.807, 2.05) is 73.1 Å². The van der Waals surface area contributed by atoms with Gasteiger partial charge in [0, 0.05) is 80.6 Å². The van der Waals surface area contributed by atoms with Gasteiger partial charge in [-0.1, -0.05) is 146 Å². The minimum Gasteiger partial charge on any atom is -0.310 e. The molecule has 0 fully saturated rings. The molecule has 0 aliphatic carbocycles. The van der Waals surface area contributed by atoms with E-state index in [9.17, 15) is 0 Å². The summed E-state index contributed by atoms with van der Waals surface area (Å²) in [6.45, 7) is 0. The molecule has 0 atom stereocenters. The summed E-state index contributed by atoms with van der Waals surface area (Å²) >= 11 is 0. The van der Waals surface area contributed by atoms with E-state index < -0.39 is 0 Å². The molecule has 0 saturated heterocycles. The smallest absolute Gasteiger partial charge is 0.137 e. The fourth-order valence-corrected chi connectivity index (χ4v) is 10.5. The molecule has 5 heterocycles. The van der Waals surface area contributed by atoms with Gasteiger partial charge in [-0.2, -0.15) is 0 Å². The molecule has 0 spiro atoms. The number of nitrogens with zero attached hydrogens (tertiary/aromatic N) is 8. The van der Waals surface area contributed by atoms with Gasteiger partial charge in [0.05, 0.1) is 45.2 Å². The van der Waals surface area contributed by atoms with Crippen LogP contribution in [0.25, 0.3) is 88.9 Å². The monoisotopic (exact) mass is 948 g/mol. The lowest BCUT2D eigenvalue weighted by Crippen LogP contribution is -2.10. The van der Waals surface area contributed by atoms with Crippen LogP contribution in [-0.4, -0.2) is 28.7 Å². The minimum absolute atomic E-state index is 0.810. The van der Waals surface area contributed by atoms with Crippen molar-refractivity contribution in [2.45, 2.75) is 0 Å². The molecule has 8 heteroatoms. The number of hydrogen-bond acceptors (Lipinski definition) is 6. The molecule has 0 amide bonds. The van der Waals surface area contributed by atoms with Crippen LogP contribution >= 0.6 is 0 Å². The van der Waals surface area contributed by atoms with Gasteiger partial charge in [0.25, 0.3) is 0 Å². The number of hydrogen-bond donors (Lipinski definition) is 0. The summed E-state index contributed by atoms with van der Waals surface area (Å²) in [6.07, 6.45) is 8.29. The van der Waals surface area contributed by atoms with Gasteiger partial charge < -0.3 is 18.6 Å². The molecule has 14 aromatic rings. The van der Waals surface area contributed by atoms with Crippen LogP contribution in [0.15, 0.2) is 267 Å². The van der Waals surface area contributed by atoms with E-state index in [1.165, 1.54) is 0 Å². The predicted octanol–water partition coefficient (Wildman–Crippen LogP) is 16.8. The first-order valence-corrected chi connectivity index (χ1v) is 24.8. The first kappa shape index (κ1) is 42.7. The molecular weight excluding hydrogens is 905 g/mol. The zero-order valence-electron chi connectivity index (χ0n) is 40.0. The molecule has 14 rings (SSSR count). The Labute approximate surface area is 427 Å². The van der Waals surface area contributed by atoms with Crippen LogP contribution in [0.1, 0.15) is 0 Å². The lowest BCUT2D eigenvalue weighted by molar-refractivity contribution is 1.19. The standard InChI is InChI=1S/C66H44N8/c1-3-17-47(18-4-1)73(61-29-15-21-51-53(23-13-25-55(51)61)59-43-71-41-11-9-31-63(71)67-59)49-37-33-45(34-38-49)65-66(70-58-28-8-7-27-57(58)69-65)46-35-39-50(40-36-46)74(48-19-5-2-6-20-48)62-30-16-22-52-54(24-14-26-56(52)62)60-44-72-42-12-10-32-64(72)68-60/h1-44H. The molecule has 0 bridgehead atoms. The second kappa shape index (κ2) is 17.9. The van der Waals surface area contributed by atoms with Crippen molar-refractivity contribution in [2.75, 3.05) is 9.80 Å². The maximum absolute atomic E-state index is 5.34. The van der Waals surface area contributed by atoms with Crippen molar-refractivity contribution in [1.29, 1.82) is 0 Å². The zero-order valence-corrected chi connectivity index (χ0v) is 40.0. The first-order chi connectivity index (χ1) is 36.7. The molecule has 0 unspecified atom stereocenters. The fourth-order valence-electron chi connectivity index (χ4n) is 10.5.